The van der Waals surface area contributed by atoms with Gasteiger partial charge in [0.1, 0.15) is 5.82 Å². The first-order valence-corrected chi connectivity index (χ1v) is 11.8. The Morgan fingerprint density at radius 2 is 1.68 bits per heavy atom. The molecule has 6 heteroatoms. The summed E-state index contributed by atoms with van der Waals surface area (Å²) in [5, 5.41) is 4.10. The Bertz CT molecular complexity index is 1380. The molecule has 34 heavy (non-hydrogen) atoms. The molecule has 0 saturated carbocycles. The second-order valence-electron chi connectivity index (χ2n) is 8.88. The number of hydrogen-bond acceptors (Lipinski definition) is 2. The van der Waals surface area contributed by atoms with Gasteiger partial charge in [-0.15, -0.1) is 0 Å². The predicted molar refractivity (Wildman–Crippen MR) is 139 cm³/mol. The molecule has 2 aromatic carbocycles. The van der Waals surface area contributed by atoms with Crippen LogP contribution in [0.3, 0.4) is 0 Å². The fraction of sp³-hybridized carbons (Fsp3) is 0.214. The van der Waals surface area contributed by atoms with Crippen molar-refractivity contribution in [2.75, 3.05) is 4.90 Å². The number of para-hydroxylation sites is 1. The summed E-state index contributed by atoms with van der Waals surface area (Å²) in [5.74, 6) is -0.225. The molecule has 0 bridgehead atoms. The average molecular weight is 471 g/mol. The second kappa shape index (κ2) is 8.69. The lowest BCUT2D eigenvalue weighted by Crippen LogP contribution is -2.29. The molecule has 5 rings (SSSR count). The molecule has 1 fully saturated rings. The number of aryl methyl sites for hydroxylation is 3. The number of anilines is 1. The van der Waals surface area contributed by atoms with Crippen LogP contribution in [0.2, 0.25) is 0 Å². The fourth-order valence-electron chi connectivity index (χ4n) is 5.00. The van der Waals surface area contributed by atoms with Crippen LogP contribution in [-0.4, -0.2) is 14.7 Å². The van der Waals surface area contributed by atoms with Crippen LogP contribution in [0.25, 0.3) is 5.69 Å². The summed E-state index contributed by atoms with van der Waals surface area (Å²) >= 11 is 5.84. The van der Waals surface area contributed by atoms with E-state index in [1.807, 2.05) is 24.3 Å². The monoisotopic (exact) mass is 470 g/mol. The maximum atomic E-state index is 14.1. The van der Waals surface area contributed by atoms with Gasteiger partial charge in [-0.25, -0.2) is 4.39 Å². The Morgan fingerprint density at radius 3 is 2.38 bits per heavy atom. The highest BCUT2D eigenvalue weighted by atomic mass is 32.1. The Morgan fingerprint density at radius 1 is 0.912 bits per heavy atom. The van der Waals surface area contributed by atoms with Crippen molar-refractivity contribution < 1.29 is 4.39 Å². The summed E-state index contributed by atoms with van der Waals surface area (Å²) in [5.41, 5.74) is 8.19. The van der Waals surface area contributed by atoms with Gasteiger partial charge in [0.2, 0.25) is 0 Å². The highest BCUT2D eigenvalue weighted by Crippen LogP contribution is 2.44. The zero-order chi connectivity index (χ0) is 24.0. The Hall–Kier alpha value is -3.51. The van der Waals surface area contributed by atoms with Gasteiger partial charge in [0.05, 0.1) is 17.8 Å². The maximum Gasteiger partial charge on any atom is 0.174 e. The van der Waals surface area contributed by atoms with E-state index in [2.05, 4.69) is 70.9 Å². The number of rotatable bonds is 4. The zero-order valence-electron chi connectivity index (χ0n) is 19.7. The number of benzene rings is 2. The zero-order valence-corrected chi connectivity index (χ0v) is 20.5. The third-order valence-electron chi connectivity index (χ3n) is 6.66. The number of nitrogens with zero attached hydrogens (tertiary/aromatic N) is 3. The summed E-state index contributed by atoms with van der Waals surface area (Å²) in [7, 11) is 0. The van der Waals surface area contributed by atoms with E-state index in [9.17, 15) is 4.39 Å². The van der Waals surface area contributed by atoms with Crippen LogP contribution in [0.15, 0.2) is 72.9 Å². The molecule has 1 aliphatic rings. The van der Waals surface area contributed by atoms with E-state index in [1.54, 1.807) is 19.2 Å². The minimum atomic E-state index is -0.225. The van der Waals surface area contributed by atoms with E-state index in [1.165, 1.54) is 11.6 Å². The number of pyridine rings is 1. The van der Waals surface area contributed by atoms with Crippen LogP contribution in [0.1, 0.15) is 45.9 Å². The maximum absolute atomic E-state index is 14.1. The van der Waals surface area contributed by atoms with Gasteiger partial charge in [0, 0.05) is 29.0 Å². The lowest BCUT2D eigenvalue weighted by atomic mass is 9.96. The molecule has 0 spiro atoms. The van der Waals surface area contributed by atoms with Gasteiger partial charge in [-0.1, -0.05) is 24.3 Å². The second-order valence-corrected chi connectivity index (χ2v) is 9.27. The molecule has 2 atom stereocenters. The molecule has 1 saturated heterocycles. The number of halogens is 1. The predicted octanol–water partition coefficient (Wildman–Crippen LogP) is 6.42. The van der Waals surface area contributed by atoms with Crippen molar-refractivity contribution in [3.63, 3.8) is 0 Å². The fourth-order valence-corrected chi connectivity index (χ4v) is 5.35. The molecule has 0 aliphatic carbocycles. The van der Waals surface area contributed by atoms with E-state index in [0.29, 0.717) is 10.7 Å². The minimum Gasteiger partial charge on any atom is -0.351 e. The van der Waals surface area contributed by atoms with Crippen LogP contribution in [0.4, 0.5) is 10.1 Å². The van der Waals surface area contributed by atoms with Crippen molar-refractivity contribution in [2.45, 2.75) is 39.8 Å². The number of thiocarbonyl (C=S) groups is 1. The largest absolute Gasteiger partial charge is 0.351 e. The van der Waals surface area contributed by atoms with Gasteiger partial charge in [0.15, 0.2) is 5.11 Å². The third-order valence-corrected chi connectivity index (χ3v) is 6.98. The molecule has 3 heterocycles. The summed E-state index contributed by atoms with van der Waals surface area (Å²) in [4.78, 5) is 6.75. The van der Waals surface area contributed by atoms with Crippen molar-refractivity contribution in [1.29, 1.82) is 0 Å². The normalized spacial score (nSPS) is 17.8. The van der Waals surface area contributed by atoms with Gasteiger partial charge in [-0.3, -0.25) is 4.98 Å². The summed E-state index contributed by atoms with van der Waals surface area (Å²) in [6, 6.07) is 21.4. The lowest BCUT2D eigenvalue weighted by molar-refractivity contribution is 0.564. The molecule has 4 nitrogen and oxygen atoms in total. The first-order valence-electron chi connectivity index (χ1n) is 11.4. The molecular formula is C28H27FN4S. The molecule has 2 aromatic heterocycles. The first kappa shape index (κ1) is 22.3. The SMILES string of the molecule is Cc1cc(N2C(=S)N[C@@H](c3ccccn3)[C@@H]2c2cc(C)n(-c3ccccc3C)c2C)ccc1F. The van der Waals surface area contributed by atoms with Crippen molar-refractivity contribution in [2.24, 2.45) is 0 Å². The van der Waals surface area contributed by atoms with E-state index >= 15 is 0 Å². The number of aromatic nitrogens is 2. The van der Waals surface area contributed by atoms with Gasteiger partial charge in [-0.2, -0.15) is 0 Å². The highest BCUT2D eigenvalue weighted by molar-refractivity contribution is 7.80. The molecule has 0 amide bonds. The summed E-state index contributed by atoms with van der Waals surface area (Å²) in [6.07, 6.45) is 1.80. The molecule has 1 aliphatic heterocycles. The lowest BCUT2D eigenvalue weighted by Gasteiger charge is -2.28. The van der Waals surface area contributed by atoms with Crippen LogP contribution < -0.4 is 10.2 Å². The van der Waals surface area contributed by atoms with E-state index < -0.39 is 0 Å². The van der Waals surface area contributed by atoms with Gasteiger partial charge in [-0.05, 0) is 99.1 Å². The molecule has 4 aromatic rings. The Kier molecular flexibility index (Phi) is 5.70. The average Bonchev–Trinajstić information content (AvgIpc) is 3.32. The first-order chi connectivity index (χ1) is 16.4. The van der Waals surface area contributed by atoms with Crippen LogP contribution >= 0.6 is 12.2 Å². The molecule has 1 N–H and O–H groups in total. The van der Waals surface area contributed by atoms with Crippen molar-refractivity contribution in [1.82, 2.24) is 14.9 Å². The Balaban J connectivity index is 1.70. The van der Waals surface area contributed by atoms with Crippen LogP contribution in [0.5, 0.6) is 0 Å². The molecule has 0 unspecified atom stereocenters. The van der Waals surface area contributed by atoms with Crippen molar-refractivity contribution >= 4 is 23.0 Å². The molecule has 172 valence electrons. The van der Waals surface area contributed by atoms with E-state index in [-0.39, 0.29) is 17.9 Å². The molecule has 0 radical (unpaired) electrons. The van der Waals surface area contributed by atoms with Gasteiger partial charge >= 0.3 is 0 Å². The summed E-state index contributed by atoms with van der Waals surface area (Å²) in [6.45, 7) is 8.19. The highest BCUT2D eigenvalue weighted by Gasteiger charge is 2.42. The third kappa shape index (κ3) is 3.68. The minimum absolute atomic E-state index is 0.142. The van der Waals surface area contributed by atoms with Crippen molar-refractivity contribution in [3.8, 4) is 5.69 Å². The topological polar surface area (TPSA) is 33.1 Å². The van der Waals surface area contributed by atoms with Crippen molar-refractivity contribution in [3.05, 3.63) is 113 Å². The smallest absolute Gasteiger partial charge is 0.174 e. The van der Waals surface area contributed by atoms with Crippen LogP contribution in [-0.2, 0) is 0 Å². The number of nitrogens with one attached hydrogen (secondary N) is 1. The van der Waals surface area contributed by atoms with Gasteiger partial charge < -0.3 is 14.8 Å². The Labute approximate surface area is 205 Å². The standard InChI is InChI=1S/C28H27FN4S/c1-17-9-5-6-11-25(17)32-19(3)16-22(20(32)4)27-26(24-10-7-8-14-30-24)31-28(34)33(27)21-12-13-23(29)18(2)15-21/h5-16,26-27H,1-4H3,(H,31,34)/t26-,27-/m0/s1. The van der Waals surface area contributed by atoms with E-state index in [0.717, 1.165) is 34.0 Å². The molecular weight excluding hydrogens is 443 g/mol. The number of hydrogen-bond donors (Lipinski definition) is 1. The van der Waals surface area contributed by atoms with Crippen LogP contribution in [0, 0.1) is 33.5 Å². The quantitative estimate of drug-likeness (QED) is 0.349. The summed E-state index contributed by atoms with van der Waals surface area (Å²) < 4.78 is 16.4. The van der Waals surface area contributed by atoms with Gasteiger partial charge in [0.25, 0.3) is 0 Å². The van der Waals surface area contributed by atoms with E-state index in [4.69, 9.17) is 12.2 Å².